The minimum atomic E-state index is 0.123. The van der Waals surface area contributed by atoms with Gasteiger partial charge in [-0.2, -0.15) is 10.5 Å². The molecule has 0 atom stereocenters. The zero-order valence-corrected chi connectivity index (χ0v) is 16.7. The summed E-state index contributed by atoms with van der Waals surface area (Å²) in [5.41, 5.74) is 4.08. The van der Waals surface area contributed by atoms with Crippen molar-refractivity contribution in [2.24, 2.45) is 0 Å². The van der Waals surface area contributed by atoms with Crippen LogP contribution in [0.4, 0.5) is 0 Å². The Kier molecular flexibility index (Phi) is 6.37. The molecule has 0 aliphatic carbocycles. The van der Waals surface area contributed by atoms with Crippen molar-refractivity contribution in [3.63, 3.8) is 0 Å². The largest absolute Gasteiger partial charge is 0.361 e. The first-order valence-corrected chi connectivity index (χ1v) is 9.90. The first-order chi connectivity index (χ1) is 13.6. The van der Waals surface area contributed by atoms with Gasteiger partial charge in [-0.25, -0.2) is 0 Å². The van der Waals surface area contributed by atoms with Crippen LogP contribution in [-0.4, -0.2) is 18.0 Å². The van der Waals surface area contributed by atoms with Crippen LogP contribution in [0.15, 0.2) is 82.8 Å². The fraction of sp³-hybridized carbons (Fsp3) is 0.167. The van der Waals surface area contributed by atoms with Gasteiger partial charge in [-0.05, 0) is 30.5 Å². The Labute approximate surface area is 170 Å². The molecule has 1 fully saturated rings. The standard InChI is InChI=1S/C24H21N3S/c1-18-8-10-21(11-9-18)23(22(15-25)16-26)14-24-27(17-19(2)28-24)13-12-20-6-4-3-5-7-20/h3-11,14H,2,12-13,17H2,1H3/b24-14-. The summed E-state index contributed by atoms with van der Waals surface area (Å²) >= 11 is 1.61. The lowest BCUT2D eigenvalue weighted by molar-refractivity contribution is 0.418. The topological polar surface area (TPSA) is 50.8 Å². The number of aryl methyl sites for hydroxylation is 1. The van der Waals surface area contributed by atoms with E-state index in [4.69, 9.17) is 0 Å². The molecular weight excluding hydrogens is 362 g/mol. The van der Waals surface area contributed by atoms with E-state index in [9.17, 15) is 10.5 Å². The van der Waals surface area contributed by atoms with E-state index in [0.29, 0.717) is 5.57 Å². The molecule has 0 saturated carbocycles. The molecule has 1 aliphatic rings. The number of hydrogen-bond donors (Lipinski definition) is 0. The summed E-state index contributed by atoms with van der Waals surface area (Å²) in [4.78, 5) is 3.33. The molecule has 2 aromatic carbocycles. The number of benzene rings is 2. The van der Waals surface area contributed by atoms with Crippen molar-refractivity contribution >= 4 is 17.3 Å². The molecule has 1 aliphatic heterocycles. The highest BCUT2D eigenvalue weighted by atomic mass is 32.2. The van der Waals surface area contributed by atoms with Gasteiger partial charge in [-0.3, -0.25) is 0 Å². The van der Waals surface area contributed by atoms with E-state index in [1.165, 1.54) is 5.56 Å². The van der Waals surface area contributed by atoms with Crippen LogP contribution >= 0.6 is 11.8 Å². The second kappa shape index (κ2) is 9.13. The summed E-state index contributed by atoms with van der Waals surface area (Å²) in [5, 5.41) is 19.9. The van der Waals surface area contributed by atoms with E-state index >= 15 is 0 Å². The van der Waals surface area contributed by atoms with E-state index in [1.54, 1.807) is 11.8 Å². The summed E-state index contributed by atoms with van der Waals surface area (Å²) in [6.07, 6.45) is 2.89. The quantitative estimate of drug-likeness (QED) is 0.645. The summed E-state index contributed by atoms with van der Waals surface area (Å²) < 4.78 is 0. The molecule has 0 radical (unpaired) electrons. The summed E-state index contributed by atoms with van der Waals surface area (Å²) in [5.74, 6) is 0. The number of thioether (sulfide) groups is 1. The highest BCUT2D eigenvalue weighted by Gasteiger charge is 2.22. The van der Waals surface area contributed by atoms with Crippen molar-refractivity contribution in [2.45, 2.75) is 13.3 Å². The Morgan fingerprint density at radius 3 is 2.43 bits per heavy atom. The molecule has 0 bridgehead atoms. The second-order valence-corrected chi connectivity index (χ2v) is 7.86. The van der Waals surface area contributed by atoms with Gasteiger partial charge in [0.15, 0.2) is 0 Å². The fourth-order valence-corrected chi connectivity index (χ4v) is 4.03. The molecule has 1 heterocycles. The molecule has 4 heteroatoms. The molecule has 1 saturated heterocycles. The third-order valence-electron chi connectivity index (χ3n) is 4.56. The zero-order valence-electron chi connectivity index (χ0n) is 15.9. The molecule has 0 unspecified atom stereocenters. The van der Waals surface area contributed by atoms with Crippen LogP contribution in [0.2, 0.25) is 0 Å². The molecule has 0 aromatic heterocycles. The number of hydrogen-bond acceptors (Lipinski definition) is 4. The highest BCUT2D eigenvalue weighted by Crippen LogP contribution is 2.38. The summed E-state index contributed by atoms with van der Waals surface area (Å²) in [6, 6.07) is 22.4. The van der Waals surface area contributed by atoms with Crippen LogP contribution in [0.25, 0.3) is 5.57 Å². The van der Waals surface area contributed by atoms with Gasteiger partial charge in [0.1, 0.15) is 17.7 Å². The second-order valence-electron chi connectivity index (χ2n) is 6.66. The van der Waals surface area contributed by atoms with Crippen molar-refractivity contribution in [1.82, 2.24) is 4.90 Å². The summed E-state index contributed by atoms with van der Waals surface area (Å²) in [6.45, 7) is 7.77. The van der Waals surface area contributed by atoms with Gasteiger partial charge in [0.25, 0.3) is 0 Å². The van der Waals surface area contributed by atoms with E-state index in [2.05, 4.69) is 23.6 Å². The molecule has 2 aromatic rings. The lowest BCUT2D eigenvalue weighted by Crippen LogP contribution is -2.21. The van der Waals surface area contributed by atoms with E-state index in [0.717, 1.165) is 40.6 Å². The van der Waals surface area contributed by atoms with Gasteiger partial charge in [0.05, 0.1) is 5.03 Å². The van der Waals surface area contributed by atoms with Crippen molar-refractivity contribution in [2.75, 3.05) is 13.1 Å². The average molecular weight is 384 g/mol. The third-order valence-corrected chi connectivity index (χ3v) is 5.57. The molecule has 0 spiro atoms. The van der Waals surface area contributed by atoms with Crippen LogP contribution in [-0.2, 0) is 6.42 Å². The van der Waals surface area contributed by atoms with Gasteiger partial charge < -0.3 is 4.90 Å². The molecule has 28 heavy (non-hydrogen) atoms. The molecular formula is C24H21N3S. The van der Waals surface area contributed by atoms with Gasteiger partial charge in [0.2, 0.25) is 0 Å². The lowest BCUT2D eigenvalue weighted by Gasteiger charge is -2.19. The average Bonchev–Trinajstić information content (AvgIpc) is 3.07. The predicted octanol–water partition coefficient (Wildman–Crippen LogP) is 5.44. The smallest absolute Gasteiger partial charge is 0.137 e. The Hall–Kier alpha value is -3.21. The maximum atomic E-state index is 9.46. The van der Waals surface area contributed by atoms with Crippen molar-refractivity contribution in [1.29, 1.82) is 10.5 Å². The number of nitriles is 2. The normalized spacial score (nSPS) is 14.6. The summed E-state index contributed by atoms with van der Waals surface area (Å²) in [7, 11) is 0. The fourth-order valence-electron chi connectivity index (χ4n) is 3.06. The lowest BCUT2D eigenvalue weighted by atomic mass is 10.00. The van der Waals surface area contributed by atoms with Gasteiger partial charge in [-0.1, -0.05) is 78.5 Å². The first kappa shape index (κ1) is 19.5. The van der Waals surface area contributed by atoms with Crippen LogP contribution in [0.5, 0.6) is 0 Å². The molecule has 3 rings (SSSR count). The van der Waals surface area contributed by atoms with E-state index < -0.39 is 0 Å². The zero-order chi connectivity index (χ0) is 19.9. The maximum Gasteiger partial charge on any atom is 0.137 e. The molecule has 0 N–H and O–H groups in total. The minimum absolute atomic E-state index is 0.123. The van der Waals surface area contributed by atoms with Crippen LogP contribution in [0, 0.1) is 29.6 Å². The van der Waals surface area contributed by atoms with Gasteiger partial charge in [-0.15, -0.1) is 0 Å². The minimum Gasteiger partial charge on any atom is -0.361 e. The van der Waals surface area contributed by atoms with Crippen LogP contribution < -0.4 is 0 Å². The van der Waals surface area contributed by atoms with Crippen LogP contribution in [0.1, 0.15) is 16.7 Å². The van der Waals surface area contributed by atoms with Crippen molar-refractivity contribution in [3.8, 4) is 12.1 Å². The number of nitrogens with zero attached hydrogens (tertiary/aromatic N) is 3. The van der Waals surface area contributed by atoms with E-state index in [1.807, 2.05) is 67.6 Å². The first-order valence-electron chi connectivity index (χ1n) is 9.08. The van der Waals surface area contributed by atoms with Gasteiger partial charge in [0, 0.05) is 23.6 Å². The number of allylic oxidation sites excluding steroid dienone is 3. The van der Waals surface area contributed by atoms with E-state index in [-0.39, 0.29) is 5.57 Å². The molecule has 0 amide bonds. The molecule has 3 nitrogen and oxygen atoms in total. The Bertz CT molecular complexity index is 987. The van der Waals surface area contributed by atoms with Gasteiger partial charge >= 0.3 is 0 Å². The number of rotatable bonds is 5. The van der Waals surface area contributed by atoms with Crippen LogP contribution in [0.3, 0.4) is 0 Å². The predicted molar refractivity (Wildman–Crippen MR) is 116 cm³/mol. The third kappa shape index (κ3) is 4.74. The SMILES string of the molecule is C=C1CN(CCc2ccccc2)/C(=C/C(=C(C#N)C#N)c2ccc(C)cc2)S1. The van der Waals surface area contributed by atoms with Crippen molar-refractivity contribution in [3.05, 3.63) is 99.4 Å². The highest BCUT2D eigenvalue weighted by molar-refractivity contribution is 8.07. The Balaban J connectivity index is 1.92. The molecule has 138 valence electrons. The monoisotopic (exact) mass is 383 g/mol. The Morgan fingerprint density at radius 2 is 1.79 bits per heavy atom. The Morgan fingerprint density at radius 1 is 1.11 bits per heavy atom. The maximum absolute atomic E-state index is 9.46. The van der Waals surface area contributed by atoms with Crippen molar-refractivity contribution < 1.29 is 0 Å².